The number of aromatic nitrogens is 2. The van der Waals surface area contributed by atoms with Gasteiger partial charge in [-0.25, -0.2) is 0 Å². The van der Waals surface area contributed by atoms with E-state index in [0.29, 0.717) is 11.7 Å². The van der Waals surface area contributed by atoms with Crippen LogP contribution < -0.4 is 10.1 Å². The summed E-state index contributed by atoms with van der Waals surface area (Å²) in [6.07, 6.45) is 0.281. The summed E-state index contributed by atoms with van der Waals surface area (Å²) in [4.78, 5) is 16.5. The minimum Gasteiger partial charge on any atom is -0.496 e. The SMILES string of the molecule is COc1ccc(CC(=O)NCc2nc(-c3ccccc3C)no2)cc1C. The Kier molecular flexibility index (Phi) is 5.31. The Balaban J connectivity index is 1.58. The molecule has 6 heteroatoms. The molecule has 0 aliphatic rings. The second-order valence-electron chi connectivity index (χ2n) is 6.08. The Morgan fingerprint density at radius 2 is 1.96 bits per heavy atom. The van der Waals surface area contributed by atoms with E-state index in [-0.39, 0.29) is 18.9 Å². The van der Waals surface area contributed by atoms with E-state index in [1.165, 1.54) is 0 Å². The highest BCUT2D eigenvalue weighted by molar-refractivity contribution is 5.78. The monoisotopic (exact) mass is 351 g/mol. The second kappa shape index (κ2) is 7.82. The van der Waals surface area contributed by atoms with Crippen LogP contribution in [0, 0.1) is 13.8 Å². The number of aryl methyl sites for hydroxylation is 2. The second-order valence-corrected chi connectivity index (χ2v) is 6.08. The molecule has 0 fully saturated rings. The van der Waals surface area contributed by atoms with Gasteiger partial charge in [0.2, 0.25) is 17.6 Å². The summed E-state index contributed by atoms with van der Waals surface area (Å²) in [5.74, 6) is 1.61. The van der Waals surface area contributed by atoms with E-state index in [9.17, 15) is 4.79 Å². The van der Waals surface area contributed by atoms with Crippen LogP contribution in [0.25, 0.3) is 11.4 Å². The fraction of sp³-hybridized carbons (Fsp3) is 0.250. The number of ether oxygens (including phenoxy) is 1. The number of carbonyl (C=O) groups is 1. The van der Waals surface area contributed by atoms with Gasteiger partial charge in [-0.2, -0.15) is 4.98 Å². The van der Waals surface area contributed by atoms with E-state index in [1.54, 1.807) is 7.11 Å². The summed E-state index contributed by atoms with van der Waals surface area (Å²) < 4.78 is 10.5. The molecule has 6 nitrogen and oxygen atoms in total. The first kappa shape index (κ1) is 17.7. The summed E-state index contributed by atoms with van der Waals surface area (Å²) >= 11 is 0. The van der Waals surface area contributed by atoms with Crippen molar-refractivity contribution < 1.29 is 14.1 Å². The van der Waals surface area contributed by atoms with Gasteiger partial charge in [0.05, 0.1) is 20.1 Å². The molecule has 0 bridgehead atoms. The van der Waals surface area contributed by atoms with Crippen LogP contribution in [0.2, 0.25) is 0 Å². The minimum absolute atomic E-state index is 0.106. The van der Waals surface area contributed by atoms with Crippen molar-refractivity contribution in [3.8, 4) is 17.1 Å². The highest BCUT2D eigenvalue weighted by Gasteiger charge is 2.12. The lowest BCUT2D eigenvalue weighted by molar-refractivity contribution is -0.120. The van der Waals surface area contributed by atoms with Crippen molar-refractivity contribution in [2.24, 2.45) is 0 Å². The lowest BCUT2D eigenvalue weighted by Gasteiger charge is -2.07. The predicted octanol–water partition coefficient (Wildman–Crippen LogP) is 3.22. The highest BCUT2D eigenvalue weighted by atomic mass is 16.5. The third-order valence-electron chi connectivity index (χ3n) is 4.11. The Bertz CT molecular complexity index is 918. The minimum atomic E-state index is -0.106. The first-order chi connectivity index (χ1) is 12.6. The topological polar surface area (TPSA) is 77.2 Å². The van der Waals surface area contributed by atoms with Crippen molar-refractivity contribution >= 4 is 5.91 Å². The molecule has 0 saturated heterocycles. The van der Waals surface area contributed by atoms with E-state index in [1.807, 2.05) is 56.3 Å². The molecular weight excluding hydrogens is 330 g/mol. The van der Waals surface area contributed by atoms with Crippen molar-refractivity contribution in [2.45, 2.75) is 26.8 Å². The smallest absolute Gasteiger partial charge is 0.246 e. The molecule has 1 amide bonds. The number of amides is 1. The van der Waals surface area contributed by atoms with Crippen molar-refractivity contribution in [3.05, 3.63) is 65.0 Å². The number of rotatable bonds is 6. The molecule has 3 rings (SSSR count). The molecule has 1 aromatic heterocycles. The number of methoxy groups -OCH3 is 1. The molecule has 1 N–H and O–H groups in total. The van der Waals surface area contributed by atoms with Crippen molar-refractivity contribution in [3.63, 3.8) is 0 Å². The number of nitrogens with zero attached hydrogens (tertiary/aromatic N) is 2. The van der Waals surface area contributed by atoms with Crippen LogP contribution in [-0.2, 0) is 17.8 Å². The Labute approximate surface area is 152 Å². The van der Waals surface area contributed by atoms with Gasteiger partial charge in [0, 0.05) is 5.56 Å². The number of hydrogen-bond donors (Lipinski definition) is 1. The average molecular weight is 351 g/mol. The lowest BCUT2D eigenvalue weighted by atomic mass is 10.1. The zero-order valence-electron chi connectivity index (χ0n) is 15.1. The maximum atomic E-state index is 12.2. The van der Waals surface area contributed by atoms with Gasteiger partial charge in [0.15, 0.2) is 0 Å². The molecule has 0 atom stereocenters. The summed E-state index contributed by atoms with van der Waals surface area (Å²) in [7, 11) is 1.63. The van der Waals surface area contributed by atoms with E-state index in [4.69, 9.17) is 9.26 Å². The van der Waals surface area contributed by atoms with Crippen LogP contribution in [0.15, 0.2) is 47.0 Å². The molecule has 26 heavy (non-hydrogen) atoms. The van der Waals surface area contributed by atoms with Crippen molar-refractivity contribution in [1.29, 1.82) is 0 Å². The van der Waals surface area contributed by atoms with Crippen molar-refractivity contribution in [1.82, 2.24) is 15.5 Å². The third-order valence-corrected chi connectivity index (χ3v) is 4.11. The molecule has 0 spiro atoms. The maximum absolute atomic E-state index is 12.2. The van der Waals surface area contributed by atoms with Crippen LogP contribution >= 0.6 is 0 Å². The van der Waals surface area contributed by atoms with E-state index in [2.05, 4.69) is 15.5 Å². The fourth-order valence-corrected chi connectivity index (χ4v) is 2.73. The van der Waals surface area contributed by atoms with Crippen LogP contribution in [0.3, 0.4) is 0 Å². The molecule has 0 radical (unpaired) electrons. The van der Waals surface area contributed by atoms with Gasteiger partial charge in [-0.3, -0.25) is 4.79 Å². The Hall–Kier alpha value is -3.15. The quantitative estimate of drug-likeness (QED) is 0.738. The standard InChI is InChI=1S/C20H21N3O3/c1-13-6-4-5-7-16(13)20-22-19(26-23-20)12-21-18(24)11-15-8-9-17(25-3)14(2)10-15/h4-10H,11-12H2,1-3H3,(H,21,24). The Morgan fingerprint density at radius 3 is 2.69 bits per heavy atom. The van der Waals surface area contributed by atoms with E-state index in [0.717, 1.165) is 28.0 Å². The number of benzene rings is 2. The van der Waals surface area contributed by atoms with Gasteiger partial charge >= 0.3 is 0 Å². The average Bonchev–Trinajstić information content (AvgIpc) is 3.09. The molecule has 0 aliphatic heterocycles. The number of carbonyl (C=O) groups excluding carboxylic acids is 1. The molecule has 134 valence electrons. The van der Waals surface area contributed by atoms with Crippen molar-refractivity contribution in [2.75, 3.05) is 7.11 Å². The Morgan fingerprint density at radius 1 is 1.15 bits per heavy atom. The molecule has 1 heterocycles. The maximum Gasteiger partial charge on any atom is 0.246 e. The summed E-state index contributed by atoms with van der Waals surface area (Å²) in [5, 5.41) is 6.80. The first-order valence-corrected chi connectivity index (χ1v) is 8.35. The molecule has 2 aromatic carbocycles. The number of nitrogens with one attached hydrogen (secondary N) is 1. The van der Waals surface area contributed by atoms with Crippen LogP contribution in [0.4, 0.5) is 0 Å². The molecule has 0 saturated carbocycles. The zero-order chi connectivity index (χ0) is 18.5. The molecule has 0 unspecified atom stereocenters. The summed E-state index contributed by atoms with van der Waals surface area (Å²) in [6, 6.07) is 13.5. The van der Waals surface area contributed by atoms with E-state index >= 15 is 0 Å². The summed E-state index contributed by atoms with van der Waals surface area (Å²) in [6.45, 7) is 4.14. The molecule has 3 aromatic rings. The van der Waals surface area contributed by atoms with Gasteiger partial charge in [0.1, 0.15) is 5.75 Å². The van der Waals surface area contributed by atoms with E-state index < -0.39 is 0 Å². The fourth-order valence-electron chi connectivity index (χ4n) is 2.73. The number of hydrogen-bond acceptors (Lipinski definition) is 5. The first-order valence-electron chi connectivity index (χ1n) is 8.35. The predicted molar refractivity (Wildman–Crippen MR) is 97.8 cm³/mol. The van der Waals surface area contributed by atoms with Crippen LogP contribution in [0.5, 0.6) is 5.75 Å². The summed E-state index contributed by atoms with van der Waals surface area (Å²) in [5.41, 5.74) is 3.91. The van der Waals surface area contributed by atoms with Gasteiger partial charge < -0.3 is 14.6 Å². The zero-order valence-corrected chi connectivity index (χ0v) is 15.1. The molecule has 0 aliphatic carbocycles. The lowest BCUT2D eigenvalue weighted by Crippen LogP contribution is -2.24. The third kappa shape index (κ3) is 4.08. The van der Waals surface area contributed by atoms with Gasteiger partial charge in [-0.05, 0) is 36.6 Å². The van der Waals surface area contributed by atoms with Gasteiger partial charge in [-0.15, -0.1) is 0 Å². The normalized spacial score (nSPS) is 10.6. The van der Waals surface area contributed by atoms with Gasteiger partial charge in [-0.1, -0.05) is 41.6 Å². The molecular formula is C20H21N3O3. The highest BCUT2D eigenvalue weighted by Crippen LogP contribution is 2.20. The van der Waals surface area contributed by atoms with Crippen LogP contribution in [-0.4, -0.2) is 23.2 Å². The van der Waals surface area contributed by atoms with Gasteiger partial charge in [0.25, 0.3) is 0 Å². The van der Waals surface area contributed by atoms with Crippen LogP contribution in [0.1, 0.15) is 22.6 Å². The largest absolute Gasteiger partial charge is 0.496 e.